The van der Waals surface area contributed by atoms with Gasteiger partial charge in [0.05, 0.1) is 39.6 Å². The first-order valence-electron chi connectivity index (χ1n) is 54.4. The van der Waals surface area contributed by atoms with Crippen molar-refractivity contribution < 1.29 is 28.4 Å². The number of unbranched alkanes of at least 4 members (excludes halogenated alkanes) is 66. The van der Waals surface area contributed by atoms with Crippen LogP contribution in [0.3, 0.4) is 0 Å². The summed E-state index contributed by atoms with van der Waals surface area (Å²) in [5, 5.41) is 0. The van der Waals surface area contributed by atoms with Crippen LogP contribution in [0.1, 0.15) is 514 Å². The predicted octanol–water partition coefficient (Wildman–Crippen LogP) is 41.3. The van der Waals surface area contributed by atoms with Gasteiger partial charge in [-0.3, -0.25) is 0 Å². The standard InChI is InChI=1S/C116H192O6S3/c1-9-15-21-27-33-39-45-51-57-63-69-75-81-117-104-87-101(88-105(93-104)118-82-76-70-64-58-52-46-40-34-28-22-16-10-2)113-96-110(99(7)123-113)112-98-115(103-91-108(121-85-79-73-67-61-55-49-43-37-31-25-19-13-5)95-109(92-103)122-86-80-74-68-62-56-50-44-38-32-26-20-14-6)125-116(112)111-97-114(124-100(111)8)102-89-106(119-83-77-71-65-59-53-47-41-35-29-23-17-11-3)94-107(90-102)120-84-78-72-66-60-54-48-42-36-30-24-18-12-4/h87-98H,9-86H2,1-8H3. The minimum atomic E-state index is 0.712. The lowest BCUT2D eigenvalue weighted by atomic mass is 10.0. The molecule has 0 saturated carbocycles. The second-order valence-electron chi connectivity index (χ2n) is 38.0. The van der Waals surface area contributed by atoms with Crippen LogP contribution in [0.15, 0.2) is 72.8 Å². The number of hydrogen-bond donors (Lipinski definition) is 0. The molecule has 6 nitrogen and oxygen atoms in total. The van der Waals surface area contributed by atoms with Crippen LogP contribution in [0.4, 0.5) is 0 Å². The Kier molecular flexibility index (Phi) is 66.6. The van der Waals surface area contributed by atoms with Crippen LogP contribution in [0, 0.1) is 13.8 Å². The second kappa shape index (κ2) is 76.1. The van der Waals surface area contributed by atoms with Gasteiger partial charge in [0.15, 0.2) is 0 Å². The molecule has 0 unspecified atom stereocenters. The lowest BCUT2D eigenvalue weighted by Crippen LogP contribution is -2.00. The van der Waals surface area contributed by atoms with E-state index in [2.05, 4.69) is 128 Å². The smallest absolute Gasteiger partial charge is 0.123 e. The van der Waals surface area contributed by atoms with Crippen molar-refractivity contribution in [2.75, 3.05) is 39.6 Å². The van der Waals surface area contributed by atoms with Crippen LogP contribution in [-0.2, 0) is 0 Å². The van der Waals surface area contributed by atoms with Gasteiger partial charge >= 0.3 is 0 Å². The van der Waals surface area contributed by atoms with Crippen LogP contribution < -0.4 is 28.4 Å². The van der Waals surface area contributed by atoms with Gasteiger partial charge in [0.2, 0.25) is 0 Å². The summed E-state index contributed by atoms with van der Waals surface area (Å²) < 4.78 is 41.0. The zero-order valence-corrected chi connectivity index (χ0v) is 85.2. The fourth-order valence-corrected chi connectivity index (χ4v) is 21.4. The molecule has 3 heterocycles. The number of ether oxygens (including phenoxy) is 6. The highest BCUT2D eigenvalue weighted by molar-refractivity contribution is 7.21. The molecule has 0 aliphatic heterocycles. The third-order valence-electron chi connectivity index (χ3n) is 26.2. The largest absolute Gasteiger partial charge is 0.493 e. The van der Waals surface area contributed by atoms with Gasteiger partial charge in [-0.25, -0.2) is 0 Å². The molecular formula is C116H192O6S3. The van der Waals surface area contributed by atoms with Crippen molar-refractivity contribution in [3.63, 3.8) is 0 Å². The summed E-state index contributed by atoms with van der Waals surface area (Å²) in [5.74, 6) is 5.47. The number of benzene rings is 3. The Hall–Kier alpha value is -4.44. The van der Waals surface area contributed by atoms with Crippen molar-refractivity contribution >= 4 is 34.0 Å². The Labute approximate surface area is 784 Å². The number of thiophene rings is 3. The molecule has 9 heteroatoms. The Morgan fingerprint density at radius 3 is 0.504 bits per heavy atom. The van der Waals surface area contributed by atoms with Gasteiger partial charge in [0, 0.05) is 58.6 Å². The van der Waals surface area contributed by atoms with Gasteiger partial charge in [-0.05, 0) is 129 Å². The molecular weight excluding hydrogens is 1590 g/mol. The summed E-state index contributed by atoms with van der Waals surface area (Å²) in [5.41, 5.74) is 7.32. The van der Waals surface area contributed by atoms with Crippen molar-refractivity contribution in [3.8, 4) is 87.4 Å². The zero-order valence-electron chi connectivity index (χ0n) is 82.8. The molecule has 0 N–H and O–H groups in total. The molecule has 0 amide bonds. The Bertz CT molecular complexity index is 3150. The van der Waals surface area contributed by atoms with Gasteiger partial charge in [0.1, 0.15) is 34.5 Å². The molecule has 3 aromatic heterocycles. The maximum atomic E-state index is 6.87. The van der Waals surface area contributed by atoms with Gasteiger partial charge in [-0.15, -0.1) is 34.0 Å². The van der Waals surface area contributed by atoms with Crippen LogP contribution in [0.25, 0.3) is 52.9 Å². The van der Waals surface area contributed by atoms with Crippen LogP contribution in [-0.4, -0.2) is 39.6 Å². The maximum absolute atomic E-state index is 6.87. The predicted molar refractivity (Wildman–Crippen MR) is 556 cm³/mol. The fourth-order valence-electron chi connectivity index (χ4n) is 18.1. The topological polar surface area (TPSA) is 55.4 Å². The molecule has 6 aromatic rings. The Morgan fingerprint density at radius 1 is 0.160 bits per heavy atom. The van der Waals surface area contributed by atoms with Gasteiger partial charge in [0.25, 0.3) is 0 Å². The average molecular weight is 1780 g/mol. The van der Waals surface area contributed by atoms with Crippen molar-refractivity contribution in [1.29, 1.82) is 0 Å². The number of aryl methyl sites for hydroxylation is 2. The van der Waals surface area contributed by atoms with E-state index < -0.39 is 0 Å². The van der Waals surface area contributed by atoms with Crippen molar-refractivity contribution in [3.05, 3.63) is 82.6 Å². The van der Waals surface area contributed by atoms with Crippen molar-refractivity contribution in [2.45, 2.75) is 518 Å². The van der Waals surface area contributed by atoms with E-state index in [1.807, 2.05) is 34.0 Å². The zero-order chi connectivity index (χ0) is 88.4. The summed E-state index contributed by atoms with van der Waals surface area (Å²) >= 11 is 5.74. The lowest BCUT2D eigenvalue weighted by molar-refractivity contribution is 0.289. The van der Waals surface area contributed by atoms with Crippen molar-refractivity contribution in [1.82, 2.24) is 0 Å². The molecule has 0 radical (unpaired) electrons. The maximum Gasteiger partial charge on any atom is 0.123 e. The normalized spacial score (nSPS) is 11.6. The van der Waals surface area contributed by atoms with E-state index in [0.29, 0.717) is 13.2 Å². The fraction of sp³-hybridized carbons (Fsp3) is 0.741. The first kappa shape index (κ1) is 109. The SMILES string of the molecule is CCCCCCCCCCCCCCOc1cc(OCCCCCCCCCCCCCC)cc(-c2cc(-c3cc(-c4cc(OCCCCCCCCCCCCCC)cc(OCCCCCCCCCCCCCC)c4)sc3-c3cc(-c4cc(OCCCCCCCCCCCCCC)cc(OCCCCCCCCCCCCCC)c4)sc3C)c(C)s2)c1. The average Bonchev–Trinajstić information content (AvgIpc) is 1.61. The Balaban J connectivity index is 1.32. The summed E-state index contributed by atoms with van der Waals surface area (Å²) in [6.45, 7) is 22.9. The molecule has 125 heavy (non-hydrogen) atoms. The van der Waals surface area contributed by atoms with Gasteiger partial charge in [-0.2, -0.15) is 0 Å². The van der Waals surface area contributed by atoms with E-state index in [1.165, 1.54) is 475 Å². The summed E-state index contributed by atoms with van der Waals surface area (Å²) in [7, 11) is 0. The molecule has 0 aliphatic rings. The second-order valence-corrected chi connectivity index (χ2v) is 41.6. The molecule has 0 fully saturated rings. The minimum absolute atomic E-state index is 0.712. The quantitative estimate of drug-likeness (QED) is 0.0355. The minimum Gasteiger partial charge on any atom is -0.493 e. The van der Waals surface area contributed by atoms with E-state index >= 15 is 0 Å². The van der Waals surface area contributed by atoms with Gasteiger partial charge in [-0.1, -0.05) is 465 Å². The first-order chi connectivity index (χ1) is 61.8. The Morgan fingerprint density at radius 2 is 0.312 bits per heavy atom. The highest BCUT2D eigenvalue weighted by Gasteiger charge is 2.24. The summed E-state index contributed by atoms with van der Waals surface area (Å²) in [6.07, 6.45) is 95.6. The molecule has 0 spiro atoms. The van der Waals surface area contributed by atoms with Gasteiger partial charge < -0.3 is 28.4 Å². The highest BCUT2D eigenvalue weighted by atomic mass is 32.1. The van der Waals surface area contributed by atoms with E-state index in [1.54, 1.807) is 0 Å². The molecule has 0 saturated heterocycles. The molecule has 710 valence electrons. The van der Waals surface area contributed by atoms with E-state index in [4.69, 9.17) is 28.4 Å². The lowest BCUT2D eigenvalue weighted by Gasteiger charge is -2.12. The first-order valence-corrected chi connectivity index (χ1v) is 56.8. The summed E-state index contributed by atoms with van der Waals surface area (Å²) in [4.78, 5) is 7.61. The van der Waals surface area contributed by atoms with Crippen LogP contribution >= 0.6 is 34.0 Å². The third kappa shape index (κ3) is 52.4. The molecule has 0 aliphatic carbocycles. The third-order valence-corrected chi connectivity index (χ3v) is 29.6. The monoisotopic (exact) mass is 1780 g/mol. The van der Waals surface area contributed by atoms with E-state index in [-0.39, 0.29) is 0 Å². The van der Waals surface area contributed by atoms with Crippen LogP contribution in [0.2, 0.25) is 0 Å². The van der Waals surface area contributed by atoms with Crippen LogP contribution in [0.5, 0.6) is 34.5 Å². The number of rotatable bonds is 89. The molecule has 0 bridgehead atoms. The summed E-state index contributed by atoms with van der Waals surface area (Å²) in [6, 6.07) is 27.9. The molecule has 0 atom stereocenters. The van der Waals surface area contributed by atoms with Crippen molar-refractivity contribution in [2.24, 2.45) is 0 Å². The van der Waals surface area contributed by atoms with E-state index in [9.17, 15) is 0 Å². The molecule has 3 aromatic carbocycles. The van der Waals surface area contributed by atoms with E-state index in [0.717, 1.165) is 111 Å². The number of hydrogen-bond acceptors (Lipinski definition) is 9. The highest BCUT2D eigenvalue weighted by Crippen LogP contribution is 2.52. The molecule has 6 rings (SSSR count).